The fourth-order valence-corrected chi connectivity index (χ4v) is 3.49. The Morgan fingerprint density at radius 2 is 2.11 bits per heavy atom. The first-order valence-electron chi connectivity index (χ1n) is 9.25. The molecule has 2 unspecified atom stereocenters. The van der Waals surface area contributed by atoms with E-state index in [0.29, 0.717) is 30.0 Å². The Hall–Kier alpha value is -3.19. The summed E-state index contributed by atoms with van der Waals surface area (Å²) in [7, 11) is 1.60. The highest BCUT2D eigenvalue weighted by atomic mass is 16.5. The number of fused-ring (bicyclic) bond motifs is 1. The number of hydrogen-bond donors (Lipinski definition) is 2. The number of ether oxygens (including phenoxy) is 2. The van der Waals surface area contributed by atoms with Gasteiger partial charge in [0.05, 0.1) is 18.9 Å². The molecule has 0 radical (unpaired) electrons. The predicted octanol–water partition coefficient (Wildman–Crippen LogP) is 3.68. The van der Waals surface area contributed by atoms with Crippen LogP contribution in [-0.4, -0.2) is 35.8 Å². The summed E-state index contributed by atoms with van der Waals surface area (Å²) in [5.74, 6) is 0.672. The van der Waals surface area contributed by atoms with Gasteiger partial charge in [-0.15, -0.1) is 0 Å². The molecule has 4 rings (SSSR count). The Balaban J connectivity index is 1.44. The number of methoxy groups -OCH3 is 1. The Kier molecular flexibility index (Phi) is 5.34. The summed E-state index contributed by atoms with van der Waals surface area (Å²) in [4.78, 5) is 21.1. The number of rotatable bonds is 4. The number of anilines is 1. The number of aromatic nitrogens is 2. The zero-order valence-corrected chi connectivity index (χ0v) is 15.6. The normalized spacial score (nSPS) is 19.2. The van der Waals surface area contributed by atoms with E-state index in [4.69, 9.17) is 9.47 Å². The van der Waals surface area contributed by atoms with Gasteiger partial charge < -0.3 is 20.1 Å². The van der Waals surface area contributed by atoms with E-state index in [1.165, 1.54) is 0 Å². The van der Waals surface area contributed by atoms with Crippen LogP contribution in [0.1, 0.15) is 24.5 Å². The molecule has 3 heterocycles. The molecule has 144 valence electrons. The zero-order chi connectivity index (χ0) is 19.3. The van der Waals surface area contributed by atoms with Crippen molar-refractivity contribution >= 4 is 22.6 Å². The maximum Gasteiger partial charge on any atom is 0.319 e. The number of pyridine rings is 2. The van der Waals surface area contributed by atoms with Crippen molar-refractivity contribution in [1.82, 2.24) is 15.3 Å². The maximum atomic E-state index is 12.6. The van der Waals surface area contributed by atoms with Crippen LogP contribution in [0, 0.1) is 0 Å². The van der Waals surface area contributed by atoms with E-state index >= 15 is 0 Å². The monoisotopic (exact) mass is 378 g/mol. The summed E-state index contributed by atoms with van der Waals surface area (Å²) >= 11 is 0. The average molecular weight is 378 g/mol. The van der Waals surface area contributed by atoms with Crippen LogP contribution in [0.3, 0.4) is 0 Å². The van der Waals surface area contributed by atoms with Crippen molar-refractivity contribution in [3.63, 3.8) is 0 Å². The molecule has 2 atom stereocenters. The van der Waals surface area contributed by atoms with Crippen LogP contribution in [0.25, 0.3) is 10.9 Å². The molecule has 1 aliphatic heterocycles. The Labute approximate surface area is 163 Å². The van der Waals surface area contributed by atoms with Crippen LogP contribution in [0.5, 0.6) is 5.75 Å². The molecule has 0 spiro atoms. The minimum Gasteiger partial charge on any atom is -0.494 e. The molecule has 3 aromatic rings. The predicted molar refractivity (Wildman–Crippen MR) is 106 cm³/mol. The first-order valence-corrected chi connectivity index (χ1v) is 9.25. The molecule has 1 saturated heterocycles. The largest absolute Gasteiger partial charge is 0.494 e. The van der Waals surface area contributed by atoms with E-state index < -0.39 is 0 Å². The number of benzene rings is 1. The van der Waals surface area contributed by atoms with Gasteiger partial charge in [0.25, 0.3) is 0 Å². The Morgan fingerprint density at radius 3 is 2.93 bits per heavy atom. The number of nitrogens with one attached hydrogen (secondary N) is 2. The van der Waals surface area contributed by atoms with E-state index in [0.717, 1.165) is 17.4 Å². The van der Waals surface area contributed by atoms with Gasteiger partial charge in [-0.1, -0.05) is 6.07 Å². The first-order chi connectivity index (χ1) is 13.7. The molecule has 28 heavy (non-hydrogen) atoms. The topological polar surface area (TPSA) is 85.4 Å². The smallest absolute Gasteiger partial charge is 0.319 e. The quantitative estimate of drug-likeness (QED) is 0.723. The molecular formula is C21H22N4O3. The van der Waals surface area contributed by atoms with E-state index in [-0.39, 0.29) is 18.2 Å². The van der Waals surface area contributed by atoms with Gasteiger partial charge in [0, 0.05) is 36.6 Å². The molecule has 1 aromatic carbocycles. The van der Waals surface area contributed by atoms with E-state index in [2.05, 4.69) is 20.6 Å². The second kappa shape index (κ2) is 8.22. The standard InChI is InChI=1S/C21H22N4O3/c1-27-18-7-6-17(16-5-3-10-23-20(16)18)25-21(26)24-15-8-11-28-19(12-15)14-4-2-9-22-13-14/h2-7,9-10,13,15,19H,8,11-12H2,1H3,(H2,24,25,26). The van der Waals surface area contributed by atoms with Crippen molar-refractivity contribution in [1.29, 1.82) is 0 Å². The molecule has 2 amide bonds. The average Bonchev–Trinajstić information content (AvgIpc) is 2.75. The molecule has 7 heteroatoms. The minimum absolute atomic E-state index is 0.0293. The van der Waals surface area contributed by atoms with Gasteiger partial charge in [-0.2, -0.15) is 0 Å². The number of nitrogens with zero attached hydrogens (tertiary/aromatic N) is 2. The first kappa shape index (κ1) is 18.2. The lowest BCUT2D eigenvalue weighted by molar-refractivity contribution is 0.00235. The van der Waals surface area contributed by atoms with E-state index in [1.807, 2.05) is 36.5 Å². The van der Waals surface area contributed by atoms with E-state index in [1.54, 1.807) is 25.6 Å². The molecule has 2 aromatic heterocycles. The lowest BCUT2D eigenvalue weighted by atomic mass is 9.99. The molecule has 0 aliphatic carbocycles. The third kappa shape index (κ3) is 3.89. The summed E-state index contributed by atoms with van der Waals surface area (Å²) in [5.41, 5.74) is 2.43. The van der Waals surface area contributed by atoms with Gasteiger partial charge in [0.2, 0.25) is 0 Å². The summed E-state index contributed by atoms with van der Waals surface area (Å²) in [6.45, 7) is 0.597. The minimum atomic E-state index is -0.243. The third-order valence-corrected chi connectivity index (χ3v) is 4.88. The van der Waals surface area contributed by atoms with Crippen LogP contribution in [0.15, 0.2) is 55.0 Å². The van der Waals surface area contributed by atoms with Crippen LogP contribution in [0.2, 0.25) is 0 Å². The number of carbonyl (C=O) groups is 1. The fourth-order valence-electron chi connectivity index (χ4n) is 3.49. The van der Waals surface area contributed by atoms with Crippen LogP contribution in [0.4, 0.5) is 10.5 Å². The summed E-state index contributed by atoms with van der Waals surface area (Å²) in [6.07, 6.45) is 6.68. The molecular weight excluding hydrogens is 356 g/mol. The SMILES string of the molecule is COc1ccc(NC(=O)NC2CCOC(c3cccnc3)C2)c2cccnc12. The fraction of sp³-hybridized carbons (Fsp3) is 0.286. The van der Waals surface area contributed by atoms with Crippen LogP contribution >= 0.6 is 0 Å². The van der Waals surface area contributed by atoms with Gasteiger partial charge in [0.1, 0.15) is 11.3 Å². The van der Waals surface area contributed by atoms with Crippen LogP contribution < -0.4 is 15.4 Å². The molecule has 1 fully saturated rings. The van der Waals surface area contributed by atoms with Gasteiger partial charge >= 0.3 is 6.03 Å². The van der Waals surface area contributed by atoms with Crippen molar-refractivity contribution in [3.05, 3.63) is 60.6 Å². The zero-order valence-electron chi connectivity index (χ0n) is 15.6. The highest BCUT2D eigenvalue weighted by Gasteiger charge is 2.25. The Morgan fingerprint density at radius 1 is 1.21 bits per heavy atom. The van der Waals surface area contributed by atoms with E-state index in [9.17, 15) is 4.79 Å². The van der Waals surface area contributed by atoms with Gasteiger partial charge in [-0.3, -0.25) is 9.97 Å². The van der Waals surface area contributed by atoms with Crippen molar-refractivity contribution in [2.75, 3.05) is 19.0 Å². The molecule has 1 aliphatic rings. The van der Waals surface area contributed by atoms with Crippen LogP contribution in [-0.2, 0) is 4.74 Å². The number of hydrogen-bond acceptors (Lipinski definition) is 5. The molecule has 7 nitrogen and oxygen atoms in total. The lowest BCUT2D eigenvalue weighted by Crippen LogP contribution is -2.42. The summed E-state index contributed by atoms with van der Waals surface area (Å²) in [6, 6.07) is 11.0. The van der Waals surface area contributed by atoms with Crippen molar-refractivity contribution in [2.24, 2.45) is 0 Å². The van der Waals surface area contributed by atoms with Crippen molar-refractivity contribution in [3.8, 4) is 5.75 Å². The molecule has 0 saturated carbocycles. The van der Waals surface area contributed by atoms with Gasteiger partial charge in [-0.05, 0) is 48.7 Å². The molecule has 2 N–H and O–H groups in total. The second-order valence-electron chi connectivity index (χ2n) is 6.68. The van der Waals surface area contributed by atoms with Crippen molar-refractivity contribution < 1.29 is 14.3 Å². The number of urea groups is 1. The lowest BCUT2D eigenvalue weighted by Gasteiger charge is -2.30. The highest BCUT2D eigenvalue weighted by molar-refractivity contribution is 6.02. The Bertz CT molecular complexity index is 964. The highest BCUT2D eigenvalue weighted by Crippen LogP contribution is 2.30. The summed E-state index contributed by atoms with van der Waals surface area (Å²) in [5, 5.41) is 6.83. The summed E-state index contributed by atoms with van der Waals surface area (Å²) < 4.78 is 11.2. The van der Waals surface area contributed by atoms with Crippen molar-refractivity contribution in [2.45, 2.75) is 25.0 Å². The van der Waals surface area contributed by atoms with Gasteiger partial charge in [0.15, 0.2) is 0 Å². The number of amides is 2. The van der Waals surface area contributed by atoms with Gasteiger partial charge in [-0.25, -0.2) is 4.79 Å². The number of carbonyl (C=O) groups excluding carboxylic acids is 1. The second-order valence-corrected chi connectivity index (χ2v) is 6.68. The molecule has 0 bridgehead atoms. The maximum absolute atomic E-state index is 12.6. The third-order valence-electron chi connectivity index (χ3n) is 4.88.